The summed E-state index contributed by atoms with van der Waals surface area (Å²) in [6, 6.07) is 4.00. The lowest BCUT2D eigenvalue weighted by atomic mass is 10.1. The Morgan fingerprint density at radius 3 is 2.93 bits per heavy atom. The Kier molecular flexibility index (Phi) is 1.74. The summed E-state index contributed by atoms with van der Waals surface area (Å²) in [4.78, 5) is 4.02. The van der Waals surface area contributed by atoms with Crippen LogP contribution in [-0.2, 0) is 13.5 Å². The molecule has 0 atom stereocenters. The summed E-state index contributed by atoms with van der Waals surface area (Å²) < 4.78 is 1.91. The lowest BCUT2D eigenvalue weighted by molar-refractivity contribution is 0.775. The third-order valence-electron chi connectivity index (χ3n) is 2.77. The largest absolute Gasteiger partial charge is 0.370 e. The molecule has 0 saturated carbocycles. The number of nitrogens with one attached hydrogen (secondary N) is 1. The van der Waals surface area contributed by atoms with Crippen molar-refractivity contribution in [1.82, 2.24) is 14.8 Å². The van der Waals surface area contributed by atoms with Crippen molar-refractivity contribution < 1.29 is 0 Å². The van der Waals surface area contributed by atoms with Crippen molar-refractivity contribution in [2.45, 2.75) is 6.42 Å². The fourth-order valence-corrected chi connectivity index (χ4v) is 2.07. The topological polar surface area (TPSA) is 42.7 Å². The van der Waals surface area contributed by atoms with Crippen molar-refractivity contribution in [1.29, 1.82) is 0 Å². The van der Waals surface area contributed by atoms with Crippen LogP contribution in [0.15, 0.2) is 24.5 Å². The molecule has 0 amide bonds. The number of aryl methyl sites for hydroxylation is 1. The Morgan fingerprint density at radius 1 is 1.33 bits per heavy atom. The molecule has 0 saturated heterocycles. The fourth-order valence-electron chi connectivity index (χ4n) is 2.07. The standard InChI is InChI=1S/C11H12N4/c1-15-11-9(4-7-13-11)10(14-15)8-2-5-12-6-3-8/h2-3,5-6,13H,4,7H2,1H3. The number of nitrogens with zero attached hydrogens (tertiary/aromatic N) is 3. The van der Waals surface area contributed by atoms with Gasteiger partial charge in [0.05, 0.1) is 5.69 Å². The maximum atomic E-state index is 4.53. The Labute approximate surface area is 88.0 Å². The van der Waals surface area contributed by atoms with Crippen molar-refractivity contribution in [3.63, 3.8) is 0 Å². The average molecular weight is 200 g/mol. The molecule has 0 radical (unpaired) electrons. The molecule has 4 heteroatoms. The number of hydrogen-bond acceptors (Lipinski definition) is 3. The lowest BCUT2D eigenvalue weighted by Gasteiger charge is -1.98. The highest BCUT2D eigenvalue weighted by atomic mass is 15.3. The molecule has 3 rings (SSSR count). The molecule has 4 nitrogen and oxygen atoms in total. The quantitative estimate of drug-likeness (QED) is 0.757. The third-order valence-corrected chi connectivity index (χ3v) is 2.77. The normalized spacial score (nSPS) is 13.7. The SMILES string of the molecule is Cn1nc(-c2ccncc2)c2c1NCC2. The van der Waals surface area contributed by atoms with Crippen molar-refractivity contribution in [3.8, 4) is 11.3 Å². The van der Waals surface area contributed by atoms with E-state index in [0.29, 0.717) is 0 Å². The molecule has 76 valence electrons. The zero-order valence-corrected chi connectivity index (χ0v) is 8.57. The van der Waals surface area contributed by atoms with Crippen molar-refractivity contribution in [2.75, 3.05) is 11.9 Å². The minimum Gasteiger partial charge on any atom is -0.370 e. The molecule has 0 bridgehead atoms. The van der Waals surface area contributed by atoms with Gasteiger partial charge in [-0.05, 0) is 18.6 Å². The van der Waals surface area contributed by atoms with E-state index < -0.39 is 0 Å². The first-order valence-electron chi connectivity index (χ1n) is 5.06. The molecule has 1 aliphatic rings. The van der Waals surface area contributed by atoms with Crippen molar-refractivity contribution >= 4 is 5.82 Å². The van der Waals surface area contributed by atoms with Crippen LogP contribution in [0.4, 0.5) is 5.82 Å². The van der Waals surface area contributed by atoms with Crippen LogP contribution in [0.3, 0.4) is 0 Å². The smallest absolute Gasteiger partial charge is 0.127 e. The van der Waals surface area contributed by atoms with Crippen molar-refractivity contribution in [3.05, 3.63) is 30.1 Å². The first-order valence-corrected chi connectivity index (χ1v) is 5.06. The number of pyridine rings is 1. The van der Waals surface area contributed by atoms with E-state index >= 15 is 0 Å². The molecular weight excluding hydrogens is 188 g/mol. The minimum atomic E-state index is 1.01. The summed E-state index contributed by atoms with van der Waals surface area (Å²) in [5.41, 5.74) is 3.55. The van der Waals surface area contributed by atoms with Gasteiger partial charge in [-0.3, -0.25) is 9.67 Å². The van der Waals surface area contributed by atoms with Crippen LogP contribution in [0.5, 0.6) is 0 Å². The van der Waals surface area contributed by atoms with E-state index in [9.17, 15) is 0 Å². The van der Waals surface area contributed by atoms with Crippen LogP contribution in [-0.4, -0.2) is 21.3 Å². The predicted molar refractivity (Wildman–Crippen MR) is 58.6 cm³/mol. The van der Waals surface area contributed by atoms with Crippen LogP contribution in [0.25, 0.3) is 11.3 Å². The van der Waals surface area contributed by atoms with E-state index in [1.165, 1.54) is 5.56 Å². The van der Waals surface area contributed by atoms with Gasteiger partial charge in [-0.15, -0.1) is 0 Å². The molecule has 0 spiro atoms. The predicted octanol–water partition coefficient (Wildman–Crippen LogP) is 1.45. The van der Waals surface area contributed by atoms with Gasteiger partial charge in [0.2, 0.25) is 0 Å². The molecule has 1 N–H and O–H groups in total. The van der Waals surface area contributed by atoms with Gasteiger partial charge in [-0.2, -0.15) is 5.10 Å². The summed E-state index contributed by atoms with van der Waals surface area (Å²) in [5.74, 6) is 1.15. The zero-order chi connectivity index (χ0) is 10.3. The van der Waals surface area contributed by atoms with E-state index in [2.05, 4.69) is 15.4 Å². The van der Waals surface area contributed by atoms with E-state index in [1.807, 2.05) is 23.9 Å². The van der Waals surface area contributed by atoms with Gasteiger partial charge in [-0.25, -0.2) is 0 Å². The zero-order valence-electron chi connectivity index (χ0n) is 8.57. The van der Waals surface area contributed by atoms with E-state index in [1.54, 1.807) is 12.4 Å². The molecule has 0 fully saturated rings. The van der Waals surface area contributed by atoms with Gasteiger partial charge in [0.15, 0.2) is 0 Å². The Balaban J connectivity index is 2.18. The highest BCUT2D eigenvalue weighted by Crippen LogP contribution is 2.31. The molecule has 0 aliphatic carbocycles. The van der Waals surface area contributed by atoms with Gasteiger partial charge in [0.1, 0.15) is 5.82 Å². The molecule has 0 unspecified atom stereocenters. The first-order chi connectivity index (χ1) is 7.36. The second kappa shape index (κ2) is 3.08. The van der Waals surface area contributed by atoms with Gasteiger partial charge in [0, 0.05) is 37.1 Å². The number of anilines is 1. The number of aromatic nitrogens is 3. The van der Waals surface area contributed by atoms with Gasteiger partial charge in [-0.1, -0.05) is 0 Å². The number of rotatable bonds is 1. The summed E-state index contributed by atoms with van der Waals surface area (Å²) in [5, 5.41) is 7.87. The first kappa shape index (κ1) is 8.47. The van der Waals surface area contributed by atoms with E-state index in [0.717, 1.165) is 30.0 Å². The van der Waals surface area contributed by atoms with E-state index in [-0.39, 0.29) is 0 Å². The van der Waals surface area contributed by atoms with Crippen LogP contribution in [0, 0.1) is 0 Å². The third kappa shape index (κ3) is 1.21. The molecule has 15 heavy (non-hydrogen) atoms. The van der Waals surface area contributed by atoms with Gasteiger partial charge in [0.25, 0.3) is 0 Å². The average Bonchev–Trinajstić information content (AvgIpc) is 2.84. The molecule has 3 heterocycles. The van der Waals surface area contributed by atoms with Crippen LogP contribution >= 0.6 is 0 Å². The van der Waals surface area contributed by atoms with Crippen molar-refractivity contribution in [2.24, 2.45) is 7.05 Å². The molecular formula is C11H12N4. The van der Waals surface area contributed by atoms with Crippen LogP contribution in [0.2, 0.25) is 0 Å². The summed E-state index contributed by atoms with van der Waals surface area (Å²) >= 11 is 0. The Bertz CT molecular complexity index is 487. The second-order valence-corrected chi connectivity index (χ2v) is 3.71. The Hall–Kier alpha value is -1.84. The number of fused-ring (bicyclic) bond motifs is 1. The van der Waals surface area contributed by atoms with Crippen LogP contribution < -0.4 is 5.32 Å². The monoisotopic (exact) mass is 200 g/mol. The highest BCUT2D eigenvalue weighted by molar-refractivity contribution is 5.70. The fraction of sp³-hybridized carbons (Fsp3) is 0.273. The van der Waals surface area contributed by atoms with Crippen LogP contribution in [0.1, 0.15) is 5.56 Å². The molecule has 2 aromatic heterocycles. The molecule has 0 aromatic carbocycles. The molecule has 1 aliphatic heterocycles. The number of hydrogen-bond donors (Lipinski definition) is 1. The summed E-state index contributed by atoms with van der Waals surface area (Å²) in [7, 11) is 1.97. The molecule has 2 aromatic rings. The van der Waals surface area contributed by atoms with Gasteiger partial charge < -0.3 is 5.32 Å². The second-order valence-electron chi connectivity index (χ2n) is 3.71. The maximum absolute atomic E-state index is 4.53. The summed E-state index contributed by atoms with van der Waals surface area (Å²) in [6.45, 7) is 1.01. The summed E-state index contributed by atoms with van der Waals surface area (Å²) in [6.07, 6.45) is 4.67. The maximum Gasteiger partial charge on any atom is 0.127 e. The van der Waals surface area contributed by atoms with Gasteiger partial charge >= 0.3 is 0 Å². The Morgan fingerprint density at radius 2 is 2.13 bits per heavy atom. The van der Waals surface area contributed by atoms with E-state index in [4.69, 9.17) is 0 Å². The highest BCUT2D eigenvalue weighted by Gasteiger charge is 2.21. The minimum absolute atomic E-state index is 1.01. The lowest BCUT2D eigenvalue weighted by Crippen LogP contribution is -2.01.